The number of aromatic amines is 1. The van der Waals surface area contributed by atoms with Crippen LogP contribution in [-0.2, 0) is 0 Å². The Labute approximate surface area is 112 Å². The van der Waals surface area contributed by atoms with E-state index in [0.717, 1.165) is 22.1 Å². The van der Waals surface area contributed by atoms with Gasteiger partial charge in [0.1, 0.15) is 13.8 Å². The van der Waals surface area contributed by atoms with Gasteiger partial charge >= 0.3 is 0 Å². The first-order chi connectivity index (χ1) is 9.05. The van der Waals surface area contributed by atoms with Crippen LogP contribution in [-0.4, -0.2) is 28.5 Å². The third-order valence-electron chi connectivity index (χ3n) is 3.17. The molecule has 0 aliphatic rings. The van der Waals surface area contributed by atoms with Crippen molar-refractivity contribution in [2.75, 3.05) is 0 Å². The number of H-pyrrole nitrogens is 1. The predicted octanol–water partition coefficient (Wildman–Crippen LogP) is 2.57. The summed E-state index contributed by atoms with van der Waals surface area (Å²) in [6.07, 6.45) is 1.90. The van der Waals surface area contributed by atoms with E-state index in [1.54, 1.807) is 0 Å². The van der Waals surface area contributed by atoms with Crippen LogP contribution in [0.3, 0.4) is 0 Å². The van der Waals surface area contributed by atoms with Crippen molar-refractivity contribution in [1.82, 2.24) is 20.4 Å². The van der Waals surface area contributed by atoms with E-state index in [0.29, 0.717) is 0 Å². The Kier molecular flexibility index (Phi) is 2.71. The molecule has 3 rings (SSSR count). The summed E-state index contributed by atoms with van der Waals surface area (Å²) in [5.74, 6) is 0. The molecule has 0 bridgehead atoms. The lowest BCUT2D eigenvalue weighted by molar-refractivity contribution is 0.946. The molecule has 0 unspecified atom stereocenters. The molecule has 0 radical (unpaired) electrons. The highest BCUT2D eigenvalue weighted by atomic mass is 28.3. The zero-order valence-corrected chi connectivity index (χ0v) is 12.3. The molecular weight excluding hydrogens is 252 g/mol. The molecule has 96 valence electrons. The summed E-state index contributed by atoms with van der Waals surface area (Å²) in [4.78, 5) is 4.52. The number of rotatable bonds is 2. The molecule has 1 N–H and O–H groups in total. The van der Waals surface area contributed by atoms with Crippen molar-refractivity contribution >= 4 is 24.2 Å². The zero-order chi connectivity index (χ0) is 13.5. The lowest BCUT2D eigenvalue weighted by atomic mass is 10.1. The molecule has 0 fully saturated rings. The Balaban J connectivity index is 2.17. The first-order valence-electron chi connectivity index (χ1n) is 6.32. The van der Waals surface area contributed by atoms with Crippen LogP contribution in [0.2, 0.25) is 19.6 Å². The average molecular weight is 268 g/mol. The van der Waals surface area contributed by atoms with Crippen LogP contribution >= 0.6 is 0 Å². The fraction of sp³-hybridized carbons (Fsp3) is 0.214. The van der Waals surface area contributed by atoms with Crippen molar-refractivity contribution in [1.29, 1.82) is 0 Å². The summed E-state index contributed by atoms with van der Waals surface area (Å²) >= 11 is 0. The summed E-state index contributed by atoms with van der Waals surface area (Å²) in [7, 11) is -1.50. The highest BCUT2D eigenvalue weighted by Gasteiger charge is 2.25. The van der Waals surface area contributed by atoms with E-state index >= 15 is 0 Å². The zero-order valence-electron chi connectivity index (χ0n) is 11.3. The van der Waals surface area contributed by atoms with Gasteiger partial charge in [-0.25, -0.2) is 0 Å². The van der Waals surface area contributed by atoms with Gasteiger partial charge in [-0.3, -0.25) is 10.1 Å². The van der Waals surface area contributed by atoms with Gasteiger partial charge in [0.2, 0.25) is 0 Å². The molecule has 0 saturated carbocycles. The molecule has 2 heterocycles. The van der Waals surface area contributed by atoms with Crippen LogP contribution in [0.1, 0.15) is 0 Å². The van der Waals surface area contributed by atoms with Crippen LogP contribution in [0.4, 0.5) is 0 Å². The topological polar surface area (TPSA) is 54.5 Å². The summed E-state index contributed by atoms with van der Waals surface area (Å²) in [6, 6.07) is 10.3. The van der Waals surface area contributed by atoms with E-state index in [2.05, 4.69) is 58.2 Å². The van der Waals surface area contributed by atoms with Crippen molar-refractivity contribution in [3.63, 3.8) is 0 Å². The molecule has 0 spiro atoms. The van der Waals surface area contributed by atoms with Crippen LogP contribution < -0.4 is 5.32 Å². The summed E-state index contributed by atoms with van der Waals surface area (Å²) < 4.78 is 0. The molecule has 0 aliphatic carbocycles. The first-order valence-corrected chi connectivity index (χ1v) is 9.82. The van der Waals surface area contributed by atoms with E-state index < -0.39 is 8.07 Å². The maximum Gasteiger partial charge on any atom is 0.129 e. The number of nitrogens with one attached hydrogen (secondary N) is 1. The van der Waals surface area contributed by atoms with Gasteiger partial charge < -0.3 is 0 Å². The van der Waals surface area contributed by atoms with Crippen molar-refractivity contribution in [2.24, 2.45) is 0 Å². The van der Waals surface area contributed by atoms with E-state index in [1.807, 2.05) is 18.3 Å². The molecule has 0 saturated heterocycles. The van der Waals surface area contributed by atoms with Gasteiger partial charge in [0.05, 0.1) is 5.69 Å². The van der Waals surface area contributed by atoms with Gasteiger partial charge in [0, 0.05) is 16.9 Å². The number of fused-ring (bicyclic) bond motifs is 1. The summed E-state index contributed by atoms with van der Waals surface area (Å²) in [6.45, 7) is 6.81. The Bertz CT molecular complexity index is 727. The summed E-state index contributed by atoms with van der Waals surface area (Å²) in [5, 5.41) is 14.7. The minimum atomic E-state index is -1.50. The number of pyridine rings is 1. The molecule has 5 heteroatoms. The fourth-order valence-electron chi connectivity index (χ4n) is 2.14. The van der Waals surface area contributed by atoms with E-state index in [-0.39, 0.29) is 0 Å². The van der Waals surface area contributed by atoms with Crippen LogP contribution in [0, 0.1) is 0 Å². The standard InChI is InChI=1S/C14H16N4Si/c1-19(2,3)14-13(16-18-17-14)12-8-10-6-4-5-7-11(10)9-15-12/h4-9H,1-3H3,(H,16,17,18). The largest absolute Gasteiger partial charge is 0.266 e. The second kappa shape index (κ2) is 4.27. The third kappa shape index (κ3) is 2.17. The molecule has 2 aromatic heterocycles. The third-order valence-corrected chi connectivity index (χ3v) is 5.02. The molecule has 0 atom stereocenters. The van der Waals surface area contributed by atoms with Gasteiger partial charge in [-0.15, -0.1) is 5.10 Å². The molecule has 19 heavy (non-hydrogen) atoms. The molecule has 0 amide bonds. The minimum absolute atomic E-state index is 0.893. The Morgan fingerprint density at radius 3 is 2.53 bits per heavy atom. The summed E-state index contributed by atoms with van der Waals surface area (Å²) in [5.41, 5.74) is 1.79. The van der Waals surface area contributed by atoms with Crippen molar-refractivity contribution in [3.8, 4) is 11.4 Å². The molecule has 3 aromatic rings. The number of nitrogens with zero attached hydrogens (tertiary/aromatic N) is 3. The maximum atomic E-state index is 4.52. The minimum Gasteiger partial charge on any atom is -0.266 e. The van der Waals surface area contributed by atoms with Gasteiger partial charge in [0.15, 0.2) is 0 Å². The number of hydrogen-bond donors (Lipinski definition) is 1. The monoisotopic (exact) mass is 268 g/mol. The fourth-order valence-corrected chi connectivity index (χ4v) is 3.42. The van der Waals surface area contributed by atoms with E-state index in [4.69, 9.17) is 0 Å². The van der Waals surface area contributed by atoms with Gasteiger partial charge in [-0.1, -0.05) is 49.1 Å². The quantitative estimate of drug-likeness (QED) is 0.727. The lowest BCUT2D eigenvalue weighted by Gasteiger charge is -2.14. The number of benzene rings is 1. The molecular formula is C14H16N4Si. The average Bonchev–Trinajstić information content (AvgIpc) is 2.87. The second-order valence-corrected chi connectivity index (χ2v) is 10.7. The molecule has 4 nitrogen and oxygen atoms in total. The normalized spacial score (nSPS) is 11.9. The smallest absolute Gasteiger partial charge is 0.129 e. The Morgan fingerprint density at radius 2 is 1.79 bits per heavy atom. The van der Waals surface area contributed by atoms with E-state index in [9.17, 15) is 0 Å². The Morgan fingerprint density at radius 1 is 1.05 bits per heavy atom. The van der Waals surface area contributed by atoms with Crippen molar-refractivity contribution < 1.29 is 0 Å². The highest BCUT2D eigenvalue weighted by molar-refractivity contribution is 6.88. The van der Waals surface area contributed by atoms with Gasteiger partial charge in [-0.2, -0.15) is 0 Å². The second-order valence-electron chi connectivity index (χ2n) is 5.70. The Hall–Kier alpha value is -2.01. The van der Waals surface area contributed by atoms with Crippen LogP contribution in [0.15, 0.2) is 36.5 Å². The predicted molar refractivity (Wildman–Crippen MR) is 80.1 cm³/mol. The maximum absolute atomic E-state index is 4.52. The highest BCUT2D eigenvalue weighted by Crippen LogP contribution is 2.20. The van der Waals surface area contributed by atoms with Crippen molar-refractivity contribution in [3.05, 3.63) is 36.5 Å². The van der Waals surface area contributed by atoms with Gasteiger partial charge in [0.25, 0.3) is 0 Å². The van der Waals surface area contributed by atoms with E-state index in [1.165, 1.54) is 5.39 Å². The number of hydrogen-bond acceptors (Lipinski definition) is 3. The van der Waals surface area contributed by atoms with Crippen LogP contribution in [0.25, 0.3) is 22.2 Å². The SMILES string of the molecule is C[Si](C)(C)c1[nH]nnc1-c1cc2ccccc2cn1. The molecule has 0 aliphatic heterocycles. The van der Waals surface area contributed by atoms with Gasteiger partial charge in [-0.05, 0) is 11.5 Å². The molecule has 1 aromatic carbocycles. The lowest BCUT2D eigenvalue weighted by Crippen LogP contribution is -2.40. The van der Waals surface area contributed by atoms with Crippen LogP contribution in [0.5, 0.6) is 0 Å². The first kappa shape index (κ1) is 12.0. The number of aromatic nitrogens is 4. The van der Waals surface area contributed by atoms with Crippen molar-refractivity contribution in [2.45, 2.75) is 19.6 Å².